The standard InChI is InChI=1S/C30H36FN5O/c1-4-6-26(34-29-12-11-27(20-33-29)36-17-15-35(16-18-36)22(3)37)19-23-7-9-25(10-8-23)30-24(5-2)13-14-32-21-28(30)31/h6-12,14,20-21H,4-5,13,15-19H2,1-3H3,(H,33,34)/b26-6-. The molecule has 1 N–H and O–H groups in total. The highest BCUT2D eigenvalue weighted by Gasteiger charge is 2.19. The molecule has 2 aromatic rings. The number of carbonyl (C=O) groups is 1. The number of carbonyl (C=O) groups excluding carboxylic acids is 1. The predicted molar refractivity (Wildman–Crippen MR) is 150 cm³/mol. The molecule has 3 heterocycles. The van der Waals surface area contributed by atoms with Crippen molar-refractivity contribution in [3.8, 4) is 0 Å². The molecule has 37 heavy (non-hydrogen) atoms. The van der Waals surface area contributed by atoms with Gasteiger partial charge in [-0.25, -0.2) is 9.37 Å². The van der Waals surface area contributed by atoms with Crippen LogP contribution in [0.2, 0.25) is 0 Å². The van der Waals surface area contributed by atoms with Crippen LogP contribution in [0.4, 0.5) is 15.9 Å². The number of pyridine rings is 1. The Bertz CT molecular complexity index is 1200. The number of piperazine rings is 1. The lowest BCUT2D eigenvalue weighted by molar-refractivity contribution is -0.129. The average Bonchev–Trinajstić information content (AvgIpc) is 3.10. The number of rotatable bonds is 8. The van der Waals surface area contributed by atoms with Crippen LogP contribution in [0.5, 0.6) is 0 Å². The van der Waals surface area contributed by atoms with Crippen LogP contribution in [-0.2, 0) is 11.2 Å². The zero-order valence-corrected chi connectivity index (χ0v) is 22.0. The Hall–Kier alpha value is -3.74. The van der Waals surface area contributed by atoms with E-state index in [0.29, 0.717) is 12.0 Å². The van der Waals surface area contributed by atoms with E-state index >= 15 is 0 Å². The van der Waals surface area contributed by atoms with Gasteiger partial charge in [0.2, 0.25) is 5.91 Å². The van der Waals surface area contributed by atoms with Crippen molar-refractivity contribution in [1.82, 2.24) is 9.88 Å². The molecule has 1 fully saturated rings. The molecule has 0 saturated carbocycles. The molecular weight excluding hydrogens is 465 g/mol. The van der Waals surface area contributed by atoms with E-state index in [2.05, 4.69) is 58.3 Å². The summed E-state index contributed by atoms with van der Waals surface area (Å²) >= 11 is 0. The Morgan fingerprint density at radius 1 is 1.08 bits per heavy atom. The summed E-state index contributed by atoms with van der Waals surface area (Å²) < 4.78 is 14.7. The molecule has 0 aliphatic carbocycles. The lowest BCUT2D eigenvalue weighted by Gasteiger charge is -2.35. The summed E-state index contributed by atoms with van der Waals surface area (Å²) in [5.74, 6) is 0.653. The summed E-state index contributed by atoms with van der Waals surface area (Å²) in [6.07, 6.45) is 10.2. The van der Waals surface area contributed by atoms with Gasteiger partial charge in [-0.3, -0.25) is 9.79 Å². The molecule has 194 valence electrons. The lowest BCUT2D eigenvalue weighted by atomic mass is 9.94. The molecule has 0 unspecified atom stereocenters. The number of hydrogen-bond donors (Lipinski definition) is 1. The van der Waals surface area contributed by atoms with E-state index in [-0.39, 0.29) is 11.7 Å². The minimum absolute atomic E-state index is 0.132. The molecule has 6 nitrogen and oxygen atoms in total. The van der Waals surface area contributed by atoms with E-state index in [0.717, 1.165) is 79.3 Å². The Labute approximate surface area is 219 Å². The summed E-state index contributed by atoms with van der Waals surface area (Å²) in [5.41, 5.74) is 5.90. The largest absolute Gasteiger partial charge is 0.367 e. The van der Waals surface area contributed by atoms with E-state index in [9.17, 15) is 9.18 Å². The minimum atomic E-state index is -0.276. The van der Waals surface area contributed by atoms with Crippen molar-refractivity contribution < 1.29 is 9.18 Å². The molecular formula is C30H36FN5O. The van der Waals surface area contributed by atoms with Crippen molar-refractivity contribution in [2.24, 2.45) is 4.99 Å². The molecule has 1 amide bonds. The van der Waals surface area contributed by atoms with E-state index in [1.807, 2.05) is 29.3 Å². The Morgan fingerprint density at radius 3 is 2.46 bits per heavy atom. The van der Waals surface area contributed by atoms with E-state index in [1.165, 1.54) is 6.20 Å². The molecule has 2 aliphatic heterocycles. The van der Waals surface area contributed by atoms with Gasteiger partial charge in [-0.05, 0) is 36.1 Å². The number of halogens is 1. The van der Waals surface area contributed by atoms with Crippen molar-refractivity contribution in [2.45, 2.75) is 46.5 Å². The van der Waals surface area contributed by atoms with E-state index in [1.54, 1.807) is 13.1 Å². The lowest BCUT2D eigenvalue weighted by Crippen LogP contribution is -2.48. The van der Waals surface area contributed by atoms with Gasteiger partial charge in [0.15, 0.2) is 0 Å². The third-order valence-corrected chi connectivity index (χ3v) is 6.86. The van der Waals surface area contributed by atoms with Crippen LogP contribution < -0.4 is 10.2 Å². The number of benzene rings is 1. The van der Waals surface area contributed by atoms with Crippen molar-refractivity contribution in [3.05, 3.63) is 83.1 Å². The van der Waals surface area contributed by atoms with Crippen LogP contribution in [0, 0.1) is 0 Å². The van der Waals surface area contributed by atoms with E-state index < -0.39 is 0 Å². The first-order valence-electron chi connectivity index (χ1n) is 13.1. The smallest absolute Gasteiger partial charge is 0.219 e. The van der Waals surface area contributed by atoms with Gasteiger partial charge in [0.1, 0.15) is 11.6 Å². The van der Waals surface area contributed by atoms with Crippen LogP contribution in [0.25, 0.3) is 5.57 Å². The number of allylic oxidation sites excluding steroid dienone is 5. The molecule has 0 spiro atoms. The van der Waals surface area contributed by atoms with Gasteiger partial charge in [0.05, 0.1) is 18.1 Å². The van der Waals surface area contributed by atoms with Gasteiger partial charge in [-0.1, -0.05) is 49.8 Å². The fourth-order valence-electron chi connectivity index (χ4n) is 4.79. The second kappa shape index (κ2) is 12.5. The van der Waals surface area contributed by atoms with Crippen molar-refractivity contribution in [3.63, 3.8) is 0 Å². The SMILES string of the molecule is CC/C=C(/Cc1ccc(C2=C(CC)CC=NC=C2F)cc1)Nc1ccc(N2CCN(C(C)=O)CC2)cn1. The maximum atomic E-state index is 14.7. The molecule has 0 radical (unpaired) electrons. The van der Waals surface area contributed by atoms with Crippen LogP contribution in [-0.4, -0.2) is 48.2 Å². The maximum absolute atomic E-state index is 14.7. The zero-order valence-electron chi connectivity index (χ0n) is 22.0. The van der Waals surface area contributed by atoms with Gasteiger partial charge >= 0.3 is 0 Å². The quantitative estimate of drug-likeness (QED) is 0.471. The topological polar surface area (TPSA) is 60.8 Å². The summed E-state index contributed by atoms with van der Waals surface area (Å²) in [5, 5.41) is 3.47. The van der Waals surface area contributed by atoms with Crippen LogP contribution in [0.3, 0.4) is 0 Å². The second-order valence-corrected chi connectivity index (χ2v) is 9.38. The first-order valence-corrected chi connectivity index (χ1v) is 13.1. The first-order chi connectivity index (χ1) is 18.0. The number of amides is 1. The number of aromatic nitrogens is 1. The minimum Gasteiger partial charge on any atom is -0.367 e. The Balaban J connectivity index is 1.41. The van der Waals surface area contributed by atoms with Crippen LogP contribution >= 0.6 is 0 Å². The highest BCUT2D eigenvalue weighted by atomic mass is 19.1. The molecule has 4 rings (SSSR count). The molecule has 1 aromatic heterocycles. The summed E-state index contributed by atoms with van der Waals surface area (Å²) in [6.45, 7) is 8.90. The highest BCUT2D eigenvalue weighted by Crippen LogP contribution is 2.32. The molecule has 1 aromatic carbocycles. The third kappa shape index (κ3) is 6.73. The van der Waals surface area contributed by atoms with Gasteiger partial charge in [-0.2, -0.15) is 0 Å². The molecule has 2 aliphatic rings. The number of nitrogens with one attached hydrogen (secondary N) is 1. The third-order valence-electron chi connectivity index (χ3n) is 6.86. The average molecular weight is 502 g/mol. The zero-order chi connectivity index (χ0) is 26.2. The fourth-order valence-corrected chi connectivity index (χ4v) is 4.79. The van der Waals surface area contributed by atoms with Gasteiger partial charge in [-0.15, -0.1) is 0 Å². The van der Waals surface area contributed by atoms with Gasteiger partial charge in [0.25, 0.3) is 0 Å². The number of aliphatic imine (C=N–C) groups is 1. The Morgan fingerprint density at radius 2 is 1.84 bits per heavy atom. The van der Waals surface area contributed by atoms with Crippen molar-refractivity contribution in [2.75, 3.05) is 36.4 Å². The summed E-state index contributed by atoms with van der Waals surface area (Å²) in [6, 6.07) is 12.2. The number of hydrogen-bond acceptors (Lipinski definition) is 5. The van der Waals surface area contributed by atoms with Gasteiger partial charge in [0, 0.05) is 63.4 Å². The van der Waals surface area contributed by atoms with Crippen molar-refractivity contribution >= 4 is 29.2 Å². The molecule has 7 heteroatoms. The van der Waals surface area contributed by atoms with Crippen molar-refractivity contribution in [1.29, 1.82) is 0 Å². The number of anilines is 2. The Kier molecular flexibility index (Phi) is 8.88. The molecule has 0 atom stereocenters. The molecule has 1 saturated heterocycles. The first kappa shape index (κ1) is 26.3. The fraction of sp³-hybridized carbons (Fsp3) is 0.367. The summed E-state index contributed by atoms with van der Waals surface area (Å²) in [7, 11) is 0. The predicted octanol–water partition coefficient (Wildman–Crippen LogP) is 6.15. The van der Waals surface area contributed by atoms with Crippen LogP contribution in [0.15, 0.2) is 77.0 Å². The van der Waals surface area contributed by atoms with E-state index in [4.69, 9.17) is 0 Å². The summed E-state index contributed by atoms with van der Waals surface area (Å²) in [4.78, 5) is 24.4. The molecule has 0 bridgehead atoms. The van der Waals surface area contributed by atoms with Crippen LogP contribution in [0.1, 0.15) is 51.2 Å². The van der Waals surface area contributed by atoms with Gasteiger partial charge < -0.3 is 15.1 Å². The monoisotopic (exact) mass is 501 g/mol. The maximum Gasteiger partial charge on any atom is 0.219 e. The normalized spacial score (nSPS) is 16.5. The second-order valence-electron chi connectivity index (χ2n) is 9.38. The number of nitrogens with zero attached hydrogens (tertiary/aromatic N) is 4. The highest BCUT2D eigenvalue weighted by molar-refractivity contribution is 5.84.